The van der Waals surface area contributed by atoms with Crippen LogP contribution in [0, 0.1) is 0 Å². The zero-order valence-corrected chi connectivity index (χ0v) is 14.0. The van der Waals surface area contributed by atoms with E-state index in [0.29, 0.717) is 16.1 Å². The normalized spacial score (nSPS) is 10.6. The Morgan fingerprint density at radius 3 is 2.92 bits per heavy atom. The van der Waals surface area contributed by atoms with Crippen LogP contribution in [0.25, 0.3) is 11.2 Å². The third-order valence-electron chi connectivity index (χ3n) is 3.15. The number of ether oxygens (including phenoxy) is 1. The van der Waals surface area contributed by atoms with Crippen LogP contribution in [0.3, 0.4) is 0 Å². The number of fused-ring (bicyclic) bond motifs is 1. The Hall–Kier alpha value is -3.07. The summed E-state index contributed by atoms with van der Waals surface area (Å²) in [6.45, 7) is 1.96. The van der Waals surface area contributed by atoms with E-state index in [1.165, 1.54) is 11.8 Å². The average molecular weight is 358 g/mol. The van der Waals surface area contributed by atoms with Crippen LogP contribution < -0.4 is 5.32 Å². The van der Waals surface area contributed by atoms with Crippen LogP contribution in [0.2, 0.25) is 0 Å². The van der Waals surface area contributed by atoms with E-state index in [1.807, 2.05) is 0 Å². The Kier molecular flexibility index (Phi) is 4.85. The van der Waals surface area contributed by atoms with Crippen LogP contribution in [0.1, 0.15) is 17.3 Å². The molecule has 1 aromatic carbocycles. The van der Waals surface area contributed by atoms with Crippen LogP contribution in [0.4, 0.5) is 10.7 Å². The Morgan fingerprint density at radius 1 is 1.36 bits per heavy atom. The van der Waals surface area contributed by atoms with Crippen LogP contribution in [0.5, 0.6) is 0 Å². The Bertz CT molecular complexity index is 941. The summed E-state index contributed by atoms with van der Waals surface area (Å²) in [5, 5.41) is 11.7. The van der Waals surface area contributed by atoms with Crippen molar-refractivity contribution in [2.24, 2.45) is 0 Å². The Balaban J connectivity index is 1.84. The van der Waals surface area contributed by atoms with Gasteiger partial charge in [-0.1, -0.05) is 23.9 Å². The van der Waals surface area contributed by atoms with E-state index in [2.05, 4.69) is 20.3 Å². The van der Waals surface area contributed by atoms with Crippen molar-refractivity contribution in [2.45, 2.75) is 16.7 Å². The molecule has 0 aliphatic rings. The number of amides is 1. The number of imidazole rings is 1. The number of aromatic amines is 1. The fourth-order valence-electron chi connectivity index (χ4n) is 2.12. The molecule has 0 radical (unpaired) electrons. The zero-order valence-electron chi connectivity index (χ0n) is 13.1. The van der Waals surface area contributed by atoms with E-state index in [0.717, 1.165) is 4.90 Å². The molecule has 3 aromatic rings. The number of aromatic nitrogens is 3. The first-order valence-electron chi connectivity index (χ1n) is 7.36. The number of rotatable bonds is 5. The fourth-order valence-corrected chi connectivity index (χ4v) is 3.07. The highest BCUT2D eigenvalue weighted by molar-refractivity contribution is 7.99. The highest BCUT2D eigenvalue weighted by Gasteiger charge is 2.12. The number of benzene rings is 1. The maximum Gasteiger partial charge on any atom is 0.413 e. The van der Waals surface area contributed by atoms with Crippen LogP contribution >= 0.6 is 11.8 Å². The van der Waals surface area contributed by atoms with Crippen LogP contribution in [-0.4, -0.2) is 38.7 Å². The molecule has 9 heteroatoms. The zero-order chi connectivity index (χ0) is 17.8. The highest BCUT2D eigenvalue weighted by atomic mass is 32.2. The number of hydrogen-bond donors (Lipinski definition) is 3. The number of nitrogens with one attached hydrogen (secondary N) is 2. The molecule has 8 nitrogen and oxygen atoms in total. The second-order valence-electron chi connectivity index (χ2n) is 4.88. The third-order valence-corrected chi connectivity index (χ3v) is 4.19. The van der Waals surface area contributed by atoms with Gasteiger partial charge in [0, 0.05) is 16.0 Å². The quantitative estimate of drug-likeness (QED) is 0.640. The lowest BCUT2D eigenvalue weighted by atomic mass is 10.2. The molecule has 0 saturated carbocycles. The molecule has 0 fully saturated rings. The number of nitrogens with zero attached hydrogens (tertiary/aromatic N) is 2. The largest absolute Gasteiger partial charge is 0.478 e. The van der Waals surface area contributed by atoms with E-state index in [-0.39, 0.29) is 18.1 Å². The van der Waals surface area contributed by atoms with Crippen molar-refractivity contribution >= 4 is 40.9 Å². The molecule has 0 bridgehead atoms. The summed E-state index contributed by atoms with van der Waals surface area (Å²) < 4.78 is 4.79. The summed E-state index contributed by atoms with van der Waals surface area (Å²) in [4.78, 5) is 35.4. The first-order valence-corrected chi connectivity index (χ1v) is 8.18. The minimum atomic E-state index is -0.986. The van der Waals surface area contributed by atoms with Gasteiger partial charge >= 0.3 is 12.1 Å². The highest BCUT2D eigenvalue weighted by Crippen LogP contribution is 2.31. The number of carboxylic acid groups (broad SMARTS) is 1. The SMILES string of the molecule is CCOC(=O)Nc1nc2ncc(Sc3ccccc3C(=O)O)cc2[nH]1. The molecule has 0 saturated heterocycles. The van der Waals surface area contributed by atoms with Crippen LogP contribution in [0.15, 0.2) is 46.3 Å². The van der Waals surface area contributed by atoms with E-state index in [9.17, 15) is 14.7 Å². The lowest BCUT2D eigenvalue weighted by molar-refractivity contribution is 0.0693. The van der Waals surface area contributed by atoms with Crippen molar-refractivity contribution in [3.8, 4) is 0 Å². The number of carboxylic acids is 1. The topological polar surface area (TPSA) is 117 Å². The number of pyridine rings is 1. The van der Waals surface area contributed by atoms with Gasteiger partial charge in [0.15, 0.2) is 5.65 Å². The maximum absolute atomic E-state index is 11.4. The van der Waals surface area contributed by atoms with Gasteiger partial charge in [-0.05, 0) is 25.1 Å². The van der Waals surface area contributed by atoms with E-state index >= 15 is 0 Å². The molecule has 3 N–H and O–H groups in total. The second-order valence-corrected chi connectivity index (χ2v) is 5.99. The van der Waals surface area contributed by atoms with Crippen molar-refractivity contribution < 1.29 is 19.4 Å². The average Bonchev–Trinajstić information content (AvgIpc) is 2.96. The predicted octanol–water partition coefficient (Wildman–Crippen LogP) is 3.38. The standard InChI is InChI=1S/C16H14N4O4S/c1-2-24-16(23)20-15-18-11-7-9(8-17-13(11)19-15)25-12-6-4-3-5-10(12)14(21)22/h3-8H,2H2,1H3,(H,21,22)(H2,17,18,19,20,23). The predicted molar refractivity (Wildman–Crippen MR) is 92.1 cm³/mol. The number of anilines is 1. The number of carbonyl (C=O) groups excluding carboxylic acids is 1. The van der Waals surface area contributed by atoms with Gasteiger partial charge in [0.1, 0.15) is 0 Å². The summed E-state index contributed by atoms with van der Waals surface area (Å²) in [5.74, 6) is -0.756. The lowest BCUT2D eigenvalue weighted by Gasteiger charge is -2.05. The van der Waals surface area contributed by atoms with Crippen LogP contribution in [-0.2, 0) is 4.74 Å². The Morgan fingerprint density at radius 2 is 2.16 bits per heavy atom. The van der Waals surface area contributed by atoms with E-state index in [4.69, 9.17) is 4.74 Å². The first-order chi connectivity index (χ1) is 12.1. The molecular weight excluding hydrogens is 344 g/mol. The summed E-state index contributed by atoms with van der Waals surface area (Å²) in [6, 6.07) is 8.53. The molecule has 0 atom stereocenters. The van der Waals surface area contributed by atoms with Gasteiger partial charge in [-0.3, -0.25) is 5.32 Å². The van der Waals surface area contributed by atoms with Gasteiger partial charge in [-0.15, -0.1) is 0 Å². The van der Waals surface area contributed by atoms with Gasteiger partial charge in [-0.25, -0.2) is 14.6 Å². The first kappa shape index (κ1) is 16.8. The molecule has 3 rings (SSSR count). The Labute approximate surface area is 146 Å². The van der Waals surface area contributed by atoms with Crippen molar-refractivity contribution in [1.29, 1.82) is 0 Å². The third kappa shape index (κ3) is 3.89. The molecule has 0 spiro atoms. The van der Waals surface area contributed by atoms with Gasteiger partial charge in [0.05, 0.1) is 17.7 Å². The van der Waals surface area contributed by atoms with Gasteiger partial charge in [0.2, 0.25) is 5.95 Å². The molecular formula is C16H14N4O4S. The summed E-state index contributed by atoms with van der Waals surface area (Å²) in [6.07, 6.45) is 0.993. The van der Waals surface area contributed by atoms with Crippen molar-refractivity contribution in [2.75, 3.05) is 11.9 Å². The minimum Gasteiger partial charge on any atom is -0.478 e. The number of H-pyrrole nitrogens is 1. The molecule has 0 aliphatic carbocycles. The summed E-state index contributed by atoms with van der Waals surface area (Å²) >= 11 is 1.29. The monoisotopic (exact) mass is 358 g/mol. The lowest BCUT2D eigenvalue weighted by Crippen LogP contribution is -2.14. The molecule has 2 heterocycles. The molecule has 1 amide bonds. The second kappa shape index (κ2) is 7.22. The van der Waals surface area contributed by atoms with Crippen molar-refractivity contribution in [1.82, 2.24) is 15.0 Å². The maximum atomic E-state index is 11.4. The fraction of sp³-hybridized carbons (Fsp3) is 0.125. The van der Waals surface area contributed by atoms with E-state index in [1.54, 1.807) is 43.5 Å². The number of carbonyl (C=O) groups is 2. The van der Waals surface area contributed by atoms with Gasteiger partial charge < -0.3 is 14.8 Å². The molecule has 0 unspecified atom stereocenters. The van der Waals surface area contributed by atoms with Gasteiger partial charge in [-0.2, -0.15) is 4.98 Å². The van der Waals surface area contributed by atoms with Crippen molar-refractivity contribution in [3.05, 3.63) is 42.1 Å². The summed E-state index contributed by atoms with van der Waals surface area (Å²) in [7, 11) is 0. The molecule has 0 aliphatic heterocycles. The van der Waals surface area contributed by atoms with Gasteiger partial charge in [0.25, 0.3) is 0 Å². The van der Waals surface area contributed by atoms with Crippen molar-refractivity contribution in [3.63, 3.8) is 0 Å². The number of aromatic carboxylic acids is 1. The molecule has 25 heavy (non-hydrogen) atoms. The molecule has 128 valence electrons. The summed E-state index contributed by atoms with van der Waals surface area (Å²) in [5.41, 5.74) is 1.27. The number of hydrogen-bond acceptors (Lipinski definition) is 6. The van der Waals surface area contributed by atoms with E-state index < -0.39 is 12.1 Å². The molecule has 2 aromatic heterocycles. The smallest absolute Gasteiger partial charge is 0.413 e. The minimum absolute atomic E-state index is 0.224.